The third-order valence-corrected chi connectivity index (χ3v) is 7.15. The Morgan fingerprint density at radius 1 is 1.00 bits per heavy atom. The van der Waals surface area contributed by atoms with Crippen molar-refractivity contribution in [2.75, 3.05) is 18.5 Å². The molecule has 0 unspecified atom stereocenters. The highest BCUT2D eigenvalue weighted by Gasteiger charge is 2.18. The van der Waals surface area contributed by atoms with Gasteiger partial charge < -0.3 is 15.5 Å². The fourth-order valence-corrected chi connectivity index (χ4v) is 5.11. The van der Waals surface area contributed by atoms with Crippen LogP contribution in [0.1, 0.15) is 25.8 Å². The number of hydrogen-bond acceptors (Lipinski definition) is 8. The molecule has 3 heterocycles. The third-order valence-electron chi connectivity index (χ3n) is 6.29. The molecule has 0 spiro atoms. The van der Waals surface area contributed by atoms with Crippen LogP contribution in [0.2, 0.25) is 0 Å². The van der Waals surface area contributed by atoms with Crippen molar-refractivity contribution < 1.29 is 10.2 Å². The highest BCUT2D eigenvalue weighted by atomic mass is 32.2. The number of fused-ring (bicyclic) bond motifs is 2. The lowest BCUT2D eigenvalue weighted by Gasteiger charge is -2.18. The van der Waals surface area contributed by atoms with E-state index in [0.29, 0.717) is 6.54 Å². The molecule has 0 bridgehead atoms. The first-order valence-electron chi connectivity index (χ1n) is 12.6. The summed E-state index contributed by atoms with van der Waals surface area (Å²) >= 11 is 1.55. The van der Waals surface area contributed by atoms with Gasteiger partial charge in [-0.05, 0) is 87.2 Å². The lowest BCUT2D eigenvalue weighted by atomic mass is 9.98. The van der Waals surface area contributed by atoms with Gasteiger partial charge in [0.25, 0.3) is 0 Å². The summed E-state index contributed by atoms with van der Waals surface area (Å²) in [5.41, 5.74) is 4.11. The zero-order chi connectivity index (χ0) is 26.7. The maximum atomic E-state index is 10.3. The summed E-state index contributed by atoms with van der Waals surface area (Å²) in [5, 5.41) is 30.2. The Hall–Kier alpha value is -3.50. The van der Waals surface area contributed by atoms with Gasteiger partial charge in [0.15, 0.2) is 0 Å². The number of pyridine rings is 2. The normalized spacial score (nSPS) is 11.9. The molecule has 0 atom stereocenters. The van der Waals surface area contributed by atoms with Crippen LogP contribution in [0.15, 0.2) is 72.0 Å². The minimum Gasteiger partial charge on any atom is -0.396 e. The molecule has 0 amide bonds. The number of anilines is 2. The molecule has 0 saturated heterocycles. The van der Waals surface area contributed by atoms with Crippen molar-refractivity contribution in [3.05, 3.63) is 72.7 Å². The molecule has 0 radical (unpaired) electrons. The van der Waals surface area contributed by atoms with Crippen LogP contribution in [0.25, 0.3) is 32.9 Å². The molecule has 9 heteroatoms. The number of aryl methyl sites for hydroxylation is 1. The molecule has 0 saturated carbocycles. The van der Waals surface area contributed by atoms with Gasteiger partial charge in [0.1, 0.15) is 5.82 Å². The Balaban J connectivity index is 1.43. The molecule has 5 rings (SSSR count). The van der Waals surface area contributed by atoms with E-state index in [1.165, 1.54) is 0 Å². The first-order chi connectivity index (χ1) is 18.3. The number of nitrogens with one attached hydrogen (secondary N) is 2. The second-order valence-electron chi connectivity index (χ2n) is 9.96. The summed E-state index contributed by atoms with van der Waals surface area (Å²) in [6.07, 6.45) is 6.28. The van der Waals surface area contributed by atoms with Gasteiger partial charge in [-0.2, -0.15) is 5.10 Å². The van der Waals surface area contributed by atoms with E-state index >= 15 is 0 Å². The van der Waals surface area contributed by atoms with Gasteiger partial charge in [-0.25, -0.2) is 4.98 Å². The maximum absolute atomic E-state index is 10.3. The smallest absolute Gasteiger partial charge is 0.130 e. The van der Waals surface area contributed by atoms with E-state index in [1.54, 1.807) is 25.8 Å². The maximum Gasteiger partial charge on any atom is 0.130 e. The molecule has 2 aromatic carbocycles. The van der Waals surface area contributed by atoms with Gasteiger partial charge in [-0.15, -0.1) is 0 Å². The second-order valence-corrected chi connectivity index (χ2v) is 10.9. The first-order valence-corrected chi connectivity index (χ1v) is 13.4. The predicted octanol–water partition coefficient (Wildman–Crippen LogP) is 5.45. The standard InChI is InChI=1S/C29H32N6O2S/c1-19-23(9-10-26-25(19)17-32-35(26)18-29(2,3)37)28-24-15-27(31-16-20(24)11-13-30-28)34-21-5-7-22(8-6-21)38-33-12-4-14-36/h5-11,13,15-17,33,36-37H,4,12,14,18H2,1-3H3,(H,31,34). The summed E-state index contributed by atoms with van der Waals surface area (Å²) in [6.45, 7) is 7.03. The number of rotatable bonds is 10. The van der Waals surface area contributed by atoms with Crippen LogP contribution in [0, 0.1) is 6.92 Å². The molecule has 5 aromatic rings. The van der Waals surface area contributed by atoms with Crippen LogP contribution in [0.3, 0.4) is 0 Å². The summed E-state index contributed by atoms with van der Waals surface area (Å²) in [6, 6.07) is 16.3. The van der Waals surface area contributed by atoms with E-state index in [1.807, 2.05) is 59.7 Å². The number of hydrogen-bond donors (Lipinski definition) is 4. The zero-order valence-corrected chi connectivity index (χ0v) is 22.6. The summed E-state index contributed by atoms with van der Waals surface area (Å²) in [5.74, 6) is 0.741. The van der Waals surface area contributed by atoms with Crippen molar-refractivity contribution in [3.8, 4) is 11.3 Å². The number of aliphatic hydroxyl groups excluding tert-OH is 1. The summed E-state index contributed by atoms with van der Waals surface area (Å²) in [7, 11) is 0. The molecule has 0 fully saturated rings. The average Bonchev–Trinajstić information content (AvgIpc) is 3.29. The highest BCUT2D eigenvalue weighted by Crippen LogP contribution is 2.34. The van der Waals surface area contributed by atoms with Gasteiger partial charge in [0, 0.05) is 57.9 Å². The quantitative estimate of drug-likeness (QED) is 0.140. The minimum absolute atomic E-state index is 0.189. The predicted molar refractivity (Wildman–Crippen MR) is 155 cm³/mol. The third kappa shape index (κ3) is 5.81. The number of aromatic nitrogens is 4. The van der Waals surface area contributed by atoms with Gasteiger partial charge in [0.2, 0.25) is 0 Å². The molecular formula is C29H32N6O2S. The average molecular weight is 529 g/mol. The summed E-state index contributed by atoms with van der Waals surface area (Å²) < 4.78 is 5.09. The first kappa shape index (κ1) is 26.1. The molecule has 38 heavy (non-hydrogen) atoms. The van der Waals surface area contributed by atoms with Crippen molar-refractivity contribution in [1.82, 2.24) is 24.5 Å². The Bertz CT molecular complexity index is 1560. The molecule has 0 aliphatic carbocycles. The lowest BCUT2D eigenvalue weighted by Crippen LogP contribution is -2.26. The van der Waals surface area contributed by atoms with E-state index in [4.69, 9.17) is 10.1 Å². The molecule has 3 aromatic heterocycles. The van der Waals surface area contributed by atoms with E-state index in [0.717, 1.165) is 67.9 Å². The van der Waals surface area contributed by atoms with E-state index in [9.17, 15) is 5.11 Å². The Labute approximate surface area is 226 Å². The van der Waals surface area contributed by atoms with Gasteiger partial charge >= 0.3 is 0 Å². The minimum atomic E-state index is -0.852. The van der Waals surface area contributed by atoms with Crippen LogP contribution in [-0.2, 0) is 6.54 Å². The van der Waals surface area contributed by atoms with Gasteiger partial charge in [0.05, 0.1) is 29.6 Å². The largest absolute Gasteiger partial charge is 0.396 e. The summed E-state index contributed by atoms with van der Waals surface area (Å²) in [4.78, 5) is 10.5. The number of benzene rings is 2. The number of nitrogens with zero attached hydrogens (tertiary/aromatic N) is 4. The monoisotopic (exact) mass is 528 g/mol. The van der Waals surface area contributed by atoms with Crippen LogP contribution >= 0.6 is 11.9 Å². The van der Waals surface area contributed by atoms with Crippen molar-refractivity contribution in [2.24, 2.45) is 0 Å². The van der Waals surface area contributed by atoms with Crippen molar-refractivity contribution in [3.63, 3.8) is 0 Å². The molecule has 0 aliphatic heterocycles. The molecule has 196 valence electrons. The van der Waals surface area contributed by atoms with Gasteiger partial charge in [-0.3, -0.25) is 14.4 Å². The SMILES string of the molecule is Cc1c(-c2nccc3cnc(Nc4ccc(SNCCCO)cc4)cc23)ccc2c1cnn2CC(C)(C)O. The molecule has 4 N–H and O–H groups in total. The molecule has 0 aliphatic rings. The van der Waals surface area contributed by atoms with Gasteiger partial charge in [-0.1, -0.05) is 6.07 Å². The zero-order valence-electron chi connectivity index (χ0n) is 21.8. The van der Waals surface area contributed by atoms with E-state index < -0.39 is 5.60 Å². The fourth-order valence-electron chi connectivity index (χ4n) is 4.43. The highest BCUT2D eigenvalue weighted by molar-refractivity contribution is 7.97. The fraction of sp³-hybridized carbons (Fsp3) is 0.276. The Morgan fingerprint density at radius 2 is 1.82 bits per heavy atom. The van der Waals surface area contributed by atoms with Crippen LogP contribution in [-0.4, -0.2) is 48.7 Å². The van der Waals surface area contributed by atoms with Crippen molar-refractivity contribution in [2.45, 2.75) is 44.2 Å². The second kappa shape index (κ2) is 11.1. The van der Waals surface area contributed by atoms with Crippen LogP contribution in [0.5, 0.6) is 0 Å². The van der Waals surface area contributed by atoms with E-state index in [2.05, 4.69) is 39.2 Å². The van der Waals surface area contributed by atoms with Crippen molar-refractivity contribution >= 4 is 45.1 Å². The lowest BCUT2D eigenvalue weighted by molar-refractivity contribution is 0.0591. The number of aliphatic hydroxyl groups is 2. The molecular weight excluding hydrogens is 496 g/mol. The van der Waals surface area contributed by atoms with Crippen LogP contribution in [0.4, 0.5) is 11.5 Å². The Kier molecular flexibility index (Phi) is 7.62. The van der Waals surface area contributed by atoms with Crippen molar-refractivity contribution in [1.29, 1.82) is 0 Å². The Morgan fingerprint density at radius 3 is 2.58 bits per heavy atom. The van der Waals surface area contributed by atoms with E-state index in [-0.39, 0.29) is 6.61 Å². The van der Waals surface area contributed by atoms with Crippen LogP contribution < -0.4 is 10.0 Å². The topological polar surface area (TPSA) is 108 Å². The molecule has 8 nitrogen and oxygen atoms in total.